The number of guanidine groups is 1. The highest BCUT2D eigenvalue weighted by Gasteiger charge is 2.24. The van der Waals surface area contributed by atoms with Gasteiger partial charge in [0, 0.05) is 39.3 Å². The van der Waals surface area contributed by atoms with Gasteiger partial charge in [0.05, 0.1) is 6.26 Å². The van der Waals surface area contributed by atoms with Crippen LogP contribution in [0.25, 0.3) is 0 Å². The molecule has 6 heteroatoms. The van der Waals surface area contributed by atoms with Gasteiger partial charge in [0.1, 0.15) is 12.3 Å². The summed E-state index contributed by atoms with van der Waals surface area (Å²) in [7, 11) is 5.45. The summed E-state index contributed by atoms with van der Waals surface area (Å²) in [5.74, 6) is 1.68. The molecule has 2 rings (SSSR count). The van der Waals surface area contributed by atoms with Gasteiger partial charge in [0.15, 0.2) is 5.96 Å². The first-order valence-electron chi connectivity index (χ1n) is 7.22. The number of hydrogen-bond acceptors (Lipinski definition) is 3. The Kier molecular flexibility index (Phi) is 4.88. The van der Waals surface area contributed by atoms with E-state index in [2.05, 4.69) is 10.3 Å². The maximum Gasteiger partial charge on any atom is 0.243 e. The molecule has 1 amide bonds. The topological polar surface area (TPSA) is 61.1 Å². The van der Waals surface area contributed by atoms with Crippen molar-refractivity contribution in [1.29, 1.82) is 0 Å². The van der Waals surface area contributed by atoms with Crippen molar-refractivity contribution in [3.63, 3.8) is 0 Å². The summed E-state index contributed by atoms with van der Waals surface area (Å²) in [6.07, 6.45) is 4.03. The van der Waals surface area contributed by atoms with Gasteiger partial charge in [-0.05, 0) is 25.8 Å². The van der Waals surface area contributed by atoms with Crippen LogP contribution in [0.15, 0.2) is 21.7 Å². The average Bonchev–Trinajstić information content (AvgIpc) is 3.17. The lowest BCUT2D eigenvalue weighted by Gasteiger charge is -2.22. The zero-order valence-electron chi connectivity index (χ0n) is 13.2. The molecule has 1 N–H and O–H groups in total. The van der Waals surface area contributed by atoms with Gasteiger partial charge >= 0.3 is 0 Å². The number of aliphatic imine (C=N–C) groups is 1. The monoisotopic (exact) mass is 292 g/mol. The van der Waals surface area contributed by atoms with Gasteiger partial charge in [-0.1, -0.05) is 0 Å². The van der Waals surface area contributed by atoms with E-state index >= 15 is 0 Å². The SMILES string of the molecule is Cc1occc1CN(C)C(=NCC(=O)N(C)C)NC1CC1. The zero-order chi connectivity index (χ0) is 15.4. The number of carbonyl (C=O) groups is 1. The molecule has 1 aliphatic carbocycles. The number of rotatable bonds is 5. The van der Waals surface area contributed by atoms with E-state index in [1.165, 1.54) is 12.8 Å². The molecule has 1 fully saturated rings. The summed E-state index contributed by atoms with van der Waals surface area (Å²) in [5.41, 5.74) is 1.13. The van der Waals surface area contributed by atoms with Crippen LogP contribution < -0.4 is 5.32 Å². The Bertz CT molecular complexity index is 517. The molecule has 1 heterocycles. The molecule has 116 valence electrons. The van der Waals surface area contributed by atoms with Gasteiger partial charge in [-0.15, -0.1) is 0 Å². The second-order valence-corrected chi connectivity index (χ2v) is 5.70. The maximum atomic E-state index is 11.7. The minimum absolute atomic E-state index is 0.00186. The van der Waals surface area contributed by atoms with E-state index < -0.39 is 0 Å². The van der Waals surface area contributed by atoms with Crippen molar-refractivity contribution in [2.45, 2.75) is 32.4 Å². The van der Waals surface area contributed by atoms with Crippen LogP contribution in [0, 0.1) is 6.92 Å². The number of amides is 1. The van der Waals surface area contributed by atoms with Crippen LogP contribution in [0.3, 0.4) is 0 Å². The second kappa shape index (κ2) is 6.65. The highest BCUT2D eigenvalue weighted by Crippen LogP contribution is 2.19. The molecule has 1 aliphatic rings. The first-order chi connectivity index (χ1) is 9.97. The van der Waals surface area contributed by atoms with Crippen LogP contribution in [-0.2, 0) is 11.3 Å². The Hall–Kier alpha value is -1.98. The summed E-state index contributed by atoms with van der Waals surface area (Å²) in [6, 6.07) is 2.46. The van der Waals surface area contributed by atoms with Crippen LogP contribution >= 0.6 is 0 Å². The highest BCUT2D eigenvalue weighted by atomic mass is 16.3. The summed E-state index contributed by atoms with van der Waals surface area (Å²) in [5, 5.41) is 3.39. The quantitative estimate of drug-likeness (QED) is 0.655. The molecule has 0 radical (unpaired) electrons. The van der Waals surface area contributed by atoms with E-state index in [-0.39, 0.29) is 12.5 Å². The highest BCUT2D eigenvalue weighted by molar-refractivity contribution is 5.85. The van der Waals surface area contributed by atoms with Crippen molar-refractivity contribution < 1.29 is 9.21 Å². The van der Waals surface area contributed by atoms with Gasteiger partial charge in [-0.25, -0.2) is 4.99 Å². The third-order valence-electron chi connectivity index (χ3n) is 3.51. The lowest BCUT2D eigenvalue weighted by atomic mass is 10.2. The van der Waals surface area contributed by atoms with Crippen molar-refractivity contribution in [2.24, 2.45) is 4.99 Å². The van der Waals surface area contributed by atoms with Crippen molar-refractivity contribution in [1.82, 2.24) is 15.1 Å². The van der Waals surface area contributed by atoms with Crippen LogP contribution in [0.1, 0.15) is 24.2 Å². The largest absolute Gasteiger partial charge is 0.469 e. The first-order valence-corrected chi connectivity index (χ1v) is 7.22. The van der Waals surface area contributed by atoms with Gasteiger partial charge in [0.2, 0.25) is 5.91 Å². The molecule has 0 bridgehead atoms. The molecule has 21 heavy (non-hydrogen) atoms. The molecule has 0 aliphatic heterocycles. The molecule has 1 saturated carbocycles. The maximum absolute atomic E-state index is 11.7. The number of likely N-dealkylation sites (N-methyl/N-ethyl adjacent to an activating group) is 1. The molecular formula is C15H24N4O2. The summed E-state index contributed by atoms with van der Waals surface area (Å²) in [6.45, 7) is 2.82. The van der Waals surface area contributed by atoms with Crippen molar-refractivity contribution in [2.75, 3.05) is 27.7 Å². The number of hydrogen-bond donors (Lipinski definition) is 1. The lowest BCUT2D eigenvalue weighted by molar-refractivity contribution is -0.127. The standard InChI is InChI=1S/C15H24N4O2/c1-11-12(7-8-21-11)10-19(4)15(17-13-5-6-13)16-9-14(20)18(2)3/h7-8,13H,5-6,9-10H2,1-4H3,(H,16,17). The van der Waals surface area contributed by atoms with Crippen LogP contribution in [0.4, 0.5) is 0 Å². The number of nitrogens with one attached hydrogen (secondary N) is 1. The third-order valence-corrected chi connectivity index (χ3v) is 3.51. The molecular weight excluding hydrogens is 268 g/mol. The molecule has 1 aromatic rings. The summed E-state index contributed by atoms with van der Waals surface area (Å²) in [4.78, 5) is 19.7. The van der Waals surface area contributed by atoms with E-state index in [9.17, 15) is 4.79 Å². The summed E-state index contributed by atoms with van der Waals surface area (Å²) >= 11 is 0. The number of nitrogens with zero attached hydrogens (tertiary/aromatic N) is 3. The van der Waals surface area contributed by atoms with E-state index in [0.717, 1.165) is 17.3 Å². The Morgan fingerprint density at radius 1 is 1.43 bits per heavy atom. The molecule has 0 saturated heterocycles. The van der Waals surface area contributed by atoms with Crippen molar-refractivity contribution in [3.8, 4) is 0 Å². The van der Waals surface area contributed by atoms with Crippen LogP contribution in [0.2, 0.25) is 0 Å². The third kappa shape index (κ3) is 4.51. The summed E-state index contributed by atoms with van der Waals surface area (Å²) < 4.78 is 5.32. The van der Waals surface area contributed by atoms with Crippen LogP contribution in [-0.4, -0.2) is 55.4 Å². The number of furan rings is 1. The van der Waals surface area contributed by atoms with Crippen LogP contribution in [0.5, 0.6) is 0 Å². The minimum Gasteiger partial charge on any atom is -0.469 e. The van der Waals surface area contributed by atoms with Crippen molar-refractivity contribution >= 4 is 11.9 Å². The fourth-order valence-electron chi connectivity index (χ4n) is 1.88. The Labute approximate surface area is 125 Å². The zero-order valence-corrected chi connectivity index (χ0v) is 13.2. The average molecular weight is 292 g/mol. The molecule has 0 unspecified atom stereocenters. The second-order valence-electron chi connectivity index (χ2n) is 5.70. The minimum atomic E-state index is -0.00186. The van der Waals surface area contributed by atoms with E-state index in [4.69, 9.17) is 4.42 Å². The Morgan fingerprint density at radius 2 is 2.14 bits per heavy atom. The van der Waals surface area contributed by atoms with Gasteiger partial charge in [0.25, 0.3) is 0 Å². The lowest BCUT2D eigenvalue weighted by Crippen LogP contribution is -2.40. The number of aryl methyl sites for hydroxylation is 1. The van der Waals surface area contributed by atoms with E-state index in [0.29, 0.717) is 12.6 Å². The van der Waals surface area contributed by atoms with Gasteiger partial charge < -0.3 is 19.5 Å². The van der Waals surface area contributed by atoms with E-state index in [1.807, 2.05) is 24.9 Å². The Balaban J connectivity index is 2.01. The van der Waals surface area contributed by atoms with Gasteiger partial charge in [-0.2, -0.15) is 0 Å². The predicted molar refractivity (Wildman–Crippen MR) is 82.1 cm³/mol. The fraction of sp³-hybridized carbons (Fsp3) is 0.600. The number of carbonyl (C=O) groups excluding carboxylic acids is 1. The molecule has 0 atom stereocenters. The molecule has 0 spiro atoms. The van der Waals surface area contributed by atoms with E-state index in [1.54, 1.807) is 25.3 Å². The molecule has 1 aromatic heterocycles. The molecule has 0 aromatic carbocycles. The molecule has 6 nitrogen and oxygen atoms in total. The van der Waals surface area contributed by atoms with Gasteiger partial charge in [-0.3, -0.25) is 4.79 Å². The predicted octanol–water partition coefficient (Wildman–Crippen LogP) is 1.22. The normalized spacial score (nSPS) is 15.0. The Morgan fingerprint density at radius 3 is 2.67 bits per heavy atom. The first kappa shape index (κ1) is 15.4. The van der Waals surface area contributed by atoms with Crippen molar-refractivity contribution in [3.05, 3.63) is 23.7 Å². The fourth-order valence-corrected chi connectivity index (χ4v) is 1.88. The smallest absolute Gasteiger partial charge is 0.243 e.